The third-order valence-electron chi connectivity index (χ3n) is 6.83. The Morgan fingerprint density at radius 3 is 2.44 bits per heavy atom. The smallest absolute Gasteiger partial charge is 0.338 e. The Bertz CT molecular complexity index is 1830. The number of hydrogen-bond acceptors (Lipinski definition) is 5. The highest BCUT2D eigenvalue weighted by Gasteiger charge is 2.33. The van der Waals surface area contributed by atoms with E-state index in [-0.39, 0.29) is 12.2 Å². The van der Waals surface area contributed by atoms with Crippen LogP contribution in [0.5, 0.6) is 0 Å². The normalized spacial score (nSPS) is 15.4. The molecule has 0 aliphatic carbocycles. The molecule has 0 fully saturated rings. The number of fused-ring (bicyclic) bond motifs is 1. The third kappa shape index (κ3) is 4.91. The van der Waals surface area contributed by atoms with Gasteiger partial charge in [0.15, 0.2) is 4.80 Å². The number of thiazole rings is 1. The number of esters is 1. The topological polar surface area (TPSA) is 65.6 Å². The molecule has 0 radical (unpaired) electrons. The van der Waals surface area contributed by atoms with Gasteiger partial charge in [0.2, 0.25) is 0 Å². The van der Waals surface area contributed by atoms with Crippen molar-refractivity contribution in [1.29, 1.82) is 0 Å². The summed E-state index contributed by atoms with van der Waals surface area (Å²) in [6.07, 6.45) is 1.88. The second kappa shape index (κ2) is 10.6. The van der Waals surface area contributed by atoms with E-state index in [0.717, 1.165) is 33.8 Å². The number of aryl methyl sites for hydroxylation is 2. The molecule has 9 heteroatoms. The molecule has 2 aromatic heterocycles. The summed E-state index contributed by atoms with van der Waals surface area (Å²) < 4.78 is 9.59. The van der Waals surface area contributed by atoms with Gasteiger partial charge in [-0.05, 0) is 76.1 Å². The van der Waals surface area contributed by atoms with Gasteiger partial charge < -0.3 is 9.30 Å². The van der Waals surface area contributed by atoms with Crippen LogP contribution in [-0.2, 0) is 9.53 Å². The van der Waals surface area contributed by atoms with Crippen molar-refractivity contribution in [1.82, 2.24) is 9.13 Å². The summed E-state index contributed by atoms with van der Waals surface area (Å²) in [6.45, 7) is 9.77. The molecule has 0 saturated carbocycles. The van der Waals surface area contributed by atoms with Crippen LogP contribution in [0.4, 0.5) is 0 Å². The molecule has 2 aromatic carbocycles. The highest BCUT2D eigenvalue weighted by Crippen LogP contribution is 2.31. The molecule has 3 heterocycles. The molecule has 0 N–H and O–H groups in total. The van der Waals surface area contributed by atoms with Crippen molar-refractivity contribution in [2.75, 3.05) is 6.61 Å². The van der Waals surface area contributed by atoms with Crippen LogP contribution in [0.3, 0.4) is 0 Å². The number of benzene rings is 2. The Balaban J connectivity index is 1.68. The van der Waals surface area contributed by atoms with E-state index in [2.05, 4.69) is 9.56 Å². The quantitative estimate of drug-likeness (QED) is 0.280. The van der Waals surface area contributed by atoms with E-state index < -0.39 is 12.0 Å². The van der Waals surface area contributed by atoms with Gasteiger partial charge in [0.1, 0.15) is 0 Å². The van der Waals surface area contributed by atoms with Crippen LogP contribution >= 0.6 is 34.5 Å². The molecule has 0 spiro atoms. The van der Waals surface area contributed by atoms with Crippen molar-refractivity contribution in [2.45, 2.75) is 40.7 Å². The summed E-state index contributed by atoms with van der Waals surface area (Å²) in [7, 11) is 0. The molecular weight excluding hydrogens is 553 g/mol. The van der Waals surface area contributed by atoms with Crippen LogP contribution in [0.2, 0.25) is 10.0 Å². The molecule has 4 aromatic rings. The van der Waals surface area contributed by atoms with Crippen LogP contribution in [0.15, 0.2) is 69.6 Å². The molecule has 5 rings (SSSR count). The van der Waals surface area contributed by atoms with Gasteiger partial charge in [0, 0.05) is 17.1 Å². The van der Waals surface area contributed by atoms with E-state index in [1.165, 1.54) is 11.3 Å². The fraction of sp³-hybridized carbons (Fsp3) is 0.233. The number of allylic oxidation sites excluding steroid dienone is 1. The molecule has 1 atom stereocenters. The Morgan fingerprint density at radius 1 is 1.05 bits per heavy atom. The fourth-order valence-corrected chi connectivity index (χ4v) is 6.28. The van der Waals surface area contributed by atoms with Crippen LogP contribution < -0.4 is 14.9 Å². The lowest BCUT2D eigenvalue weighted by molar-refractivity contribution is -0.139. The number of carbonyl (C=O) groups excluding carboxylic acids is 1. The van der Waals surface area contributed by atoms with Gasteiger partial charge in [-0.25, -0.2) is 9.79 Å². The average Bonchev–Trinajstić information content (AvgIpc) is 3.35. The average molecular weight is 581 g/mol. The minimum absolute atomic E-state index is 0.210. The van der Waals surface area contributed by atoms with E-state index in [1.54, 1.807) is 24.5 Å². The van der Waals surface area contributed by atoms with E-state index in [9.17, 15) is 9.59 Å². The van der Waals surface area contributed by atoms with E-state index in [0.29, 0.717) is 30.6 Å². The summed E-state index contributed by atoms with van der Waals surface area (Å²) >= 11 is 13.7. The molecule has 1 aliphatic heterocycles. The summed E-state index contributed by atoms with van der Waals surface area (Å²) in [6, 6.07) is 14.7. The summed E-state index contributed by atoms with van der Waals surface area (Å²) in [5.74, 6) is -0.469. The maximum Gasteiger partial charge on any atom is 0.338 e. The summed E-state index contributed by atoms with van der Waals surface area (Å²) in [5, 5.41) is 0.963. The van der Waals surface area contributed by atoms with Crippen LogP contribution in [0.25, 0.3) is 11.8 Å². The zero-order valence-corrected chi connectivity index (χ0v) is 24.5. The van der Waals surface area contributed by atoms with Crippen LogP contribution in [-0.4, -0.2) is 21.7 Å². The minimum atomic E-state index is -0.633. The zero-order chi connectivity index (χ0) is 28.0. The SMILES string of the molecule is CCOC(=O)C1=C(C)N=c2sc(=Cc3cc(C)n(-c4ccc(Cl)c(Cl)c4)c3C)c(=O)n2[C@H]1c1ccc(C)cc1. The van der Waals surface area contributed by atoms with Gasteiger partial charge in [-0.2, -0.15) is 0 Å². The number of hydrogen-bond donors (Lipinski definition) is 0. The first-order valence-corrected chi connectivity index (χ1v) is 14.1. The molecule has 39 heavy (non-hydrogen) atoms. The van der Waals surface area contributed by atoms with Gasteiger partial charge in [-0.3, -0.25) is 9.36 Å². The largest absolute Gasteiger partial charge is 0.463 e. The molecule has 0 amide bonds. The number of nitrogens with zero attached hydrogens (tertiary/aromatic N) is 3. The third-order valence-corrected chi connectivity index (χ3v) is 8.55. The predicted molar refractivity (Wildman–Crippen MR) is 157 cm³/mol. The van der Waals surface area contributed by atoms with Crippen LogP contribution in [0.1, 0.15) is 48.0 Å². The Labute approximate surface area is 240 Å². The maximum absolute atomic E-state index is 13.9. The van der Waals surface area contributed by atoms with Crippen molar-refractivity contribution in [3.05, 3.63) is 118 Å². The molecule has 200 valence electrons. The lowest BCUT2D eigenvalue weighted by Crippen LogP contribution is -2.39. The molecule has 0 bridgehead atoms. The first-order chi connectivity index (χ1) is 18.6. The highest BCUT2D eigenvalue weighted by atomic mass is 35.5. The molecule has 1 aliphatic rings. The second-order valence-corrected chi connectivity index (χ2v) is 11.3. The molecular formula is C30H27Cl2N3O3S. The number of halogens is 2. The Morgan fingerprint density at radius 2 is 1.77 bits per heavy atom. The van der Waals surface area contributed by atoms with Gasteiger partial charge in [-0.15, -0.1) is 0 Å². The molecule has 0 saturated heterocycles. The highest BCUT2D eigenvalue weighted by molar-refractivity contribution is 7.07. The number of ether oxygens (including phenoxy) is 1. The van der Waals surface area contributed by atoms with Gasteiger partial charge in [0.25, 0.3) is 5.56 Å². The Hall–Kier alpha value is -3.39. The van der Waals surface area contributed by atoms with E-state index >= 15 is 0 Å². The molecule has 0 unspecified atom stereocenters. The Kier molecular flexibility index (Phi) is 7.42. The summed E-state index contributed by atoms with van der Waals surface area (Å²) in [5.41, 5.74) is 6.34. The van der Waals surface area contributed by atoms with Gasteiger partial charge in [-0.1, -0.05) is 64.4 Å². The second-order valence-electron chi connectivity index (χ2n) is 9.47. The first-order valence-electron chi connectivity index (χ1n) is 12.5. The predicted octanol–water partition coefficient (Wildman–Crippen LogP) is 5.82. The van der Waals surface area contributed by atoms with E-state index in [4.69, 9.17) is 27.9 Å². The maximum atomic E-state index is 13.9. The lowest BCUT2D eigenvalue weighted by Gasteiger charge is -2.24. The number of aromatic nitrogens is 2. The first kappa shape index (κ1) is 27.2. The number of rotatable bonds is 5. The summed E-state index contributed by atoms with van der Waals surface area (Å²) in [4.78, 5) is 32.2. The van der Waals surface area contributed by atoms with E-state index in [1.807, 2.05) is 69.3 Å². The van der Waals surface area contributed by atoms with Gasteiger partial charge in [0.05, 0.1) is 38.5 Å². The fourth-order valence-electron chi connectivity index (χ4n) is 4.95. The van der Waals surface area contributed by atoms with Crippen molar-refractivity contribution in [3.63, 3.8) is 0 Å². The van der Waals surface area contributed by atoms with Crippen molar-refractivity contribution < 1.29 is 9.53 Å². The lowest BCUT2D eigenvalue weighted by atomic mass is 9.95. The van der Waals surface area contributed by atoms with Crippen LogP contribution in [0, 0.1) is 20.8 Å². The zero-order valence-electron chi connectivity index (χ0n) is 22.2. The molecule has 6 nitrogen and oxygen atoms in total. The van der Waals surface area contributed by atoms with Gasteiger partial charge >= 0.3 is 5.97 Å². The van der Waals surface area contributed by atoms with Crippen molar-refractivity contribution in [2.24, 2.45) is 4.99 Å². The number of carbonyl (C=O) groups is 1. The monoisotopic (exact) mass is 579 g/mol. The van der Waals surface area contributed by atoms with Crippen molar-refractivity contribution in [3.8, 4) is 5.69 Å². The van der Waals surface area contributed by atoms with Crippen molar-refractivity contribution >= 4 is 46.6 Å². The standard InChI is InChI=1S/C30H27Cl2N3O3S/c1-6-38-29(37)26-18(4)33-30-35(27(26)20-9-7-16(2)8-10-20)28(36)25(39-30)14-21-13-17(3)34(19(21)5)22-11-12-23(31)24(32)15-22/h7-15,27H,6H2,1-5H3/t27-/m0/s1. The minimum Gasteiger partial charge on any atom is -0.463 e.